The Morgan fingerprint density at radius 1 is 0.811 bits per heavy atom. The summed E-state index contributed by atoms with van der Waals surface area (Å²) >= 11 is 0. The maximum atomic E-state index is 13.0. The molecule has 6 heteroatoms. The van der Waals surface area contributed by atoms with Crippen LogP contribution in [-0.2, 0) is 24.3 Å². The van der Waals surface area contributed by atoms with E-state index in [0.717, 1.165) is 40.2 Å². The second-order valence-corrected chi connectivity index (χ2v) is 9.11. The fourth-order valence-electron chi connectivity index (χ4n) is 4.87. The van der Waals surface area contributed by atoms with Gasteiger partial charge < -0.3 is 18.9 Å². The van der Waals surface area contributed by atoms with Crippen LogP contribution in [0.3, 0.4) is 0 Å². The number of nitrogens with zero attached hydrogens (tertiary/aromatic N) is 3. The second-order valence-electron chi connectivity index (χ2n) is 9.11. The lowest BCUT2D eigenvalue weighted by Gasteiger charge is -2.28. The number of rotatable bonds is 7. The smallest absolute Gasteiger partial charge is 0.260 e. The molecule has 1 amide bonds. The Hall–Kier alpha value is -4.58. The maximum Gasteiger partial charge on any atom is 0.260 e. The molecule has 0 saturated carbocycles. The zero-order valence-corrected chi connectivity index (χ0v) is 20.4. The number of carbonyl (C=O) groups is 1. The van der Waals surface area contributed by atoms with Crippen LogP contribution in [0, 0.1) is 0 Å². The number of amides is 1. The van der Waals surface area contributed by atoms with Crippen molar-refractivity contribution in [3.8, 4) is 17.2 Å². The Balaban J connectivity index is 1.22. The Morgan fingerprint density at radius 2 is 1.51 bits per heavy atom. The van der Waals surface area contributed by atoms with E-state index in [1.165, 1.54) is 5.56 Å². The molecule has 3 aromatic carbocycles. The largest absolute Gasteiger partial charge is 0.484 e. The molecule has 1 aliphatic heterocycles. The molecule has 0 radical (unpaired) electrons. The number of carbonyl (C=O) groups excluding carboxylic acids is 1. The van der Waals surface area contributed by atoms with Gasteiger partial charge in [0.1, 0.15) is 22.9 Å². The monoisotopic (exact) mass is 489 g/mol. The van der Waals surface area contributed by atoms with Crippen molar-refractivity contribution in [1.29, 1.82) is 0 Å². The molecule has 6 rings (SSSR count). The van der Waals surface area contributed by atoms with Gasteiger partial charge in [0, 0.05) is 30.4 Å². The number of pyridine rings is 1. The molecule has 6 nitrogen and oxygen atoms in total. The quantitative estimate of drug-likeness (QED) is 0.288. The molecular weight excluding hydrogens is 462 g/mol. The summed E-state index contributed by atoms with van der Waals surface area (Å²) in [7, 11) is 0. The summed E-state index contributed by atoms with van der Waals surface area (Å²) in [5, 5.41) is 1.16. The summed E-state index contributed by atoms with van der Waals surface area (Å²) in [5.41, 5.74) is 4.51. The van der Waals surface area contributed by atoms with Gasteiger partial charge in [-0.2, -0.15) is 0 Å². The van der Waals surface area contributed by atoms with Crippen LogP contribution in [0.15, 0.2) is 103 Å². The van der Waals surface area contributed by atoms with Crippen molar-refractivity contribution in [2.75, 3.05) is 13.2 Å². The van der Waals surface area contributed by atoms with Gasteiger partial charge >= 0.3 is 0 Å². The van der Waals surface area contributed by atoms with Crippen molar-refractivity contribution < 1.29 is 14.3 Å². The van der Waals surface area contributed by atoms with Crippen molar-refractivity contribution in [3.63, 3.8) is 0 Å². The SMILES string of the molecule is O=C(COc1ccccc1)N1CCc2c(n(Cc3ccc(Oc4ccccc4)cc3)c3ncccc23)C1. The minimum absolute atomic E-state index is 0.0123. The molecule has 37 heavy (non-hydrogen) atoms. The zero-order valence-electron chi connectivity index (χ0n) is 20.4. The molecular formula is C31H27N3O3. The van der Waals surface area contributed by atoms with Gasteiger partial charge in [0.05, 0.1) is 6.54 Å². The summed E-state index contributed by atoms with van der Waals surface area (Å²) < 4.78 is 13.9. The van der Waals surface area contributed by atoms with Crippen LogP contribution in [-0.4, -0.2) is 33.5 Å². The van der Waals surface area contributed by atoms with Gasteiger partial charge in [-0.25, -0.2) is 4.98 Å². The zero-order chi connectivity index (χ0) is 25.0. The van der Waals surface area contributed by atoms with Crippen LogP contribution in [0.5, 0.6) is 17.2 Å². The third-order valence-electron chi connectivity index (χ3n) is 6.72. The fraction of sp³-hybridized carbons (Fsp3) is 0.161. The predicted molar refractivity (Wildman–Crippen MR) is 143 cm³/mol. The van der Waals surface area contributed by atoms with Crippen LogP contribution in [0.4, 0.5) is 0 Å². The highest BCUT2D eigenvalue weighted by atomic mass is 16.5. The topological polar surface area (TPSA) is 56.6 Å². The van der Waals surface area contributed by atoms with E-state index in [1.54, 1.807) is 0 Å². The molecule has 184 valence electrons. The maximum absolute atomic E-state index is 13.0. The molecule has 0 saturated heterocycles. The van der Waals surface area contributed by atoms with Gasteiger partial charge in [-0.1, -0.05) is 48.5 Å². The average Bonchev–Trinajstić information content (AvgIpc) is 3.26. The Morgan fingerprint density at radius 3 is 2.27 bits per heavy atom. The summed E-state index contributed by atoms with van der Waals surface area (Å²) in [6.45, 7) is 1.90. The highest BCUT2D eigenvalue weighted by Crippen LogP contribution is 2.31. The molecule has 3 heterocycles. The molecule has 0 atom stereocenters. The Labute approximate surface area is 215 Å². The fourth-order valence-corrected chi connectivity index (χ4v) is 4.87. The summed E-state index contributed by atoms with van der Waals surface area (Å²) in [6.07, 6.45) is 2.63. The van der Waals surface area contributed by atoms with Crippen molar-refractivity contribution >= 4 is 16.9 Å². The van der Waals surface area contributed by atoms with Crippen LogP contribution >= 0.6 is 0 Å². The lowest BCUT2D eigenvalue weighted by atomic mass is 10.0. The van der Waals surface area contributed by atoms with Gasteiger partial charge in [-0.3, -0.25) is 4.79 Å². The van der Waals surface area contributed by atoms with Gasteiger partial charge in [0.15, 0.2) is 6.61 Å². The first-order chi connectivity index (χ1) is 18.2. The Kier molecular flexibility index (Phi) is 6.29. The molecule has 2 aromatic heterocycles. The number of hydrogen-bond acceptors (Lipinski definition) is 4. The molecule has 0 fully saturated rings. The second kappa shape index (κ2) is 10.2. The van der Waals surface area contributed by atoms with Crippen molar-refractivity contribution in [2.24, 2.45) is 0 Å². The van der Waals surface area contributed by atoms with Crippen LogP contribution in [0.1, 0.15) is 16.8 Å². The van der Waals surface area contributed by atoms with Gasteiger partial charge in [-0.15, -0.1) is 0 Å². The summed E-state index contributed by atoms with van der Waals surface area (Å²) in [6, 6.07) is 31.5. The standard InChI is InChI=1S/C31H27N3O3/c35-30(22-36-24-8-3-1-4-9-24)33-19-17-27-28-12-7-18-32-31(28)34(29(27)21-33)20-23-13-15-26(16-14-23)37-25-10-5-2-6-11-25/h1-16,18H,17,19-22H2. The molecule has 5 aromatic rings. The van der Waals surface area contributed by atoms with Crippen LogP contribution in [0.2, 0.25) is 0 Å². The Bertz CT molecular complexity index is 1510. The number of ether oxygens (including phenoxy) is 2. The van der Waals surface area contributed by atoms with Gasteiger partial charge in [-0.05, 0) is 66.1 Å². The molecule has 0 aliphatic carbocycles. The number of benzene rings is 3. The third-order valence-corrected chi connectivity index (χ3v) is 6.72. The first-order valence-corrected chi connectivity index (χ1v) is 12.5. The van der Waals surface area contributed by atoms with Crippen LogP contribution in [0.25, 0.3) is 11.0 Å². The average molecular weight is 490 g/mol. The van der Waals surface area contributed by atoms with Crippen LogP contribution < -0.4 is 9.47 Å². The lowest BCUT2D eigenvalue weighted by Crippen LogP contribution is -2.39. The normalized spacial score (nSPS) is 12.8. The van der Waals surface area contributed by atoms with E-state index >= 15 is 0 Å². The van der Waals surface area contributed by atoms with Crippen molar-refractivity contribution in [1.82, 2.24) is 14.5 Å². The van der Waals surface area contributed by atoms with E-state index in [0.29, 0.717) is 25.4 Å². The van der Waals surface area contributed by atoms with Gasteiger partial charge in [0.2, 0.25) is 0 Å². The van der Waals surface area contributed by atoms with E-state index in [-0.39, 0.29) is 12.5 Å². The van der Waals surface area contributed by atoms with E-state index in [2.05, 4.69) is 22.8 Å². The molecule has 0 N–H and O–H groups in total. The highest BCUT2D eigenvalue weighted by Gasteiger charge is 2.27. The highest BCUT2D eigenvalue weighted by molar-refractivity contribution is 5.84. The predicted octanol–water partition coefficient (Wildman–Crippen LogP) is 5.84. The number of aromatic nitrogens is 2. The van der Waals surface area contributed by atoms with E-state index in [9.17, 15) is 4.79 Å². The first kappa shape index (κ1) is 22.9. The molecule has 1 aliphatic rings. The van der Waals surface area contributed by atoms with E-state index in [1.807, 2.05) is 90.0 Å². The number of para-hydroxylation sites is 2. The van der Waals surface area contributed by atoms with E-state index < -0.39 is 0 Å². The van der Waals surface area contributed by atoms with E-state index in [4.69, 9.17) is 14.5 Å². The summed E-state index contributed by atoms with van der Waals surface area (Å²) in [4.78, 5) is 19.6. The molecule has 0 bridgehead atoms. The third kappa shape index (κ3) is 4.91. The van der Waals surface area contributed by atoms with Crippen molar-refractivity contribution in [3.05, 3.63) is 120 Å². The first-order valence-electron chi connectivity index (χ1n) is 12.5. The molecule has 0 unspecified atom stereocenters. The number of hydrogen-bond donors (Lipinski definition) is 0. The minimum Gasteiger partial charge on any atom is -0.484 e. The van der Waals surface area contributed by atoms with Crippen molar-refractivity contribution in [2.45, 2.75) is 19.5 Å². The molecule has 0 spiro atoms. The number of fused-ring (bicyclic) bond motifs is 3. The minimum atomic E-state index is -0.0123. The summed E-state index contributed by atoms with van der Waals surface area (Å²) in [5.74, 6) is 2.29. The lowest BCUT2D eigenvalue weighted by molar-refractivity contribution is -0.134. The van der Waals surface area contributed by atoms with Gasteiger partial charge in [0.25, 0.3) is 5.91 Å².